The normalized spacial score (nSPS) is 10.9. The van der Waals surface area contributed by atoms with Crippen LogP contribution in [0.15, 0.2) is 23.3 Å². The molecular formula is C13H18ClN3O. The topological polar surface area (TPSA) is 53.5 Å². The third kappa shape index (κ3) is 4.75. The largest absolute Gasteiger partial charge is 0.376 e. The molecule has 0 saturated heterocycles. The Morgan fingerprint density at radius 1 is 1.50 bits per heavy atom. The molecule has 5 heteroatoms. The number of hydrogen-bond acceptors (Lipinski definition) is 3. The molecule has 1 amide bonds. The standard InChI is InChI=1S/C13H18ClN3O/c1-9(2)7-16-17-13(18)8-15-12-6-4-5-11(14)10(12)3/h4-7,9,15H,8H2,1-3H3,(H,17,18)/b16-7+. The van der Waals surface area contributed by atoms with Crippen molar-refractivity contribution in [1.29, 1.82) is 0 Å². The van der Waals surface area contributed by atoms with Gasteiger partial charge in [0, 0.05) is 16.9 Å². The van der Waals surface area contributed by atoms with Gasteiger partial charge in [0.15, 0.2) is 0 Å². The summed E-state index contributed by atoms with van der Waals surface area (Å²) >= 11 is 5.98. The molecule has 0 spiro atoms. The van der Waals surface area contributed by atoms with Crippen molar-refractivity contribution in [2.24, 2.45) is 11.0 Å². The number of amides is 1. The Balaban J connectivity index is 2.45. The smallest absolute Gasteiger partial charge is 0.259 e. The van der Waals surface area contributed by atoms with Crippen molar-refractivity contribution in [1.82, 2.24) is 5.43 Å². The third-order valence-electron chi connectivity index (χ3n) is 2.27. The van der Waals surface area contributed by atoms with Crippen molar-refractivity contribution in [2.75, 3.05) is 11.9 Å². The number of benzene rings is 1. The van der Waals surface area contributed by atoms with Crippen LogP contribution in [0.25, 0.3) is 0 Å². The minimum atomic E-state index is -0.189. The summed E-state index contributed by atoms with van der Waals surface area (Å²) in [5.41, 5.74) is 4.23. The van der Waals surface area contributed by atoms with E-state index < -0.39 is 0 Å². The molecule has 2 N–H and O–H groups in total. The van der Waals surface area contributed by atoms with Crippen molar-refractivity contribution in [3.05, 3.63) is 28.8 Å². The average Bonchev–Trinajstić information content (AvgIpc) is 2.30. The van der Waals surface area contributed by atoms with E-state index in [0.717, 1.165) is 11.3 Å². The van der Waals surface area contributed by atoms with Crippen LogP contribution in [-0.4, -0.2) is 18.7 Å². The Hall–Kier alpha value is -1.55. The SMILES string of the molecule is Cc1c(Cl)cccc1NCC(=O)N/N=C/C(C)C. The van der Waals surface area contributed by atoms with Crippen molar-refractivity contribution in [2.45, 2.75) is 20.8 Å². The van der Waals surface area contributed by atoms with Gasteiger partial charge >= 0.3 is 0 Å². The fourth-order valence-corrected chi connectivity index (χ4v) is 1.45. The molecule has 0 aliphatic rings. The van der Waals surface area contributed by atoms with Crippen LogP contribution in [0.5, 0.6) is 0 Å². The molecule has 1 aromatic rings. The molecule has 1 rings (SSSR count). The summed E-state index contributed by atoms with van der Waals surface area (Å²) in [6.07, 6.45) is 1.68. The van der Waals surface area contributed by atoms with Crippen LogP contribution in [0.1, 0.15) is 19.4 Å². The molecule has 0 aromatic heterocycles. The van der Waals surface area contributed by atoms with Gasteiger partial charge in [-0.25, -0.2) is 5.43 Å². The summed E-state index contributed by atoms with van der Waals surface area (Å²) < 4.78 is 0. The fraction of sp³-hybridized carbons (Fsp3) is 0.385. The Morgan fingerprint density at radius 3 is 2.89 bits per heavy atom. The maximum absolute atomic E-state index is 11.5. The van der Waals surface area contributed by atoms with Gasteiger partial charge < -0.3 is 5.32 Å². The summed E-state index contributed by atoms with van der Waals surface area (Å²) in [6, 6.07) is 5.54. The molecule has 0 heterocycles. The number of carbonyl (C=O) groups excluding carboxylic acids is 1. The van der Waals surface area contributed by atoms with Crippen LogP contribution in [0, 0.1) is 12.8 Å². The summed E-state index contributed by atoms with van der Waals surface area (Å²) in [4.78, 5) is 11.5. The van der Waals surface area contributed by atoms with Gasteiger partial charge in [-0.2, -0.15) is 5.10 Å². The van der Waals surface area contributed by atoms with E-state index in [2.05, 4.69) is 15.8 Å². The lowest BCUT2D eigenvalue weighted by Crippen LogP contribution is -2.26. The summed E-state index contributed by atoms with van der Waals surface area (Å²) in [7, 11) is 0. The highest BCUT2D eigenvalue weighted by Crippen LogP contribution is 2.22. The van der Waals surface area contributed by atoms with E-state index in [1.54, 1.807) is 6.21 Å². The predicted octanol–water partition coefficient (Wildman–Crippen LogP) is 2.82. The third-order valence-corrected chi connectivity index (χ3v) is 2.68. The zero-order valence-electron chi connectivity index (χ0n) is 10.8. The Bertz CT molecular complexity index is 444. The highest BCUT2D eigenvalue weighted by atomic mass is 35.5. The number of rotatable bonds is 5. The molecule has 18 heavy (non-hydrogen) atoms. The highest BCUT2D eigenvalue weighted by molar-refractivity contribution is 6.31. The van der Waals surface area contributed by atoms with Crippen molar-refractivity contribution < 1.29 is 4.79 Å². The monoisotopic (exact) mass is 267 g/mol. The molecular weight excluding hydrogens is 250 g/mol. The number of anilines is 1. The first-order valence-electron chi connectivity index (χ1n) is 5.81. The molecule has 0 saturated carbocycles. The van der Waals surface area contributed by atoms with Gasteiger partial charge in [-0.3, -0.25) is 4.79 Å². The molecule has 0 aliphatic heterocycles. The number of halogens is 1. The van der Waals surface area contributed by atoms with E-state index in [-0.39, 0.29) is 12.5 Å². The second-order valence-electron chi connectivity index (χ2n) is 4.32. The molecule has 0 fully saturated rings. The van der Waals surface area contributed by atoms with Crippen molar-refractivity contribution in [3.63, 3.8) is 0 Å². The maximum atomic E-state index is 11.5. The van der Waals surface area contributed by atoms with Gasteiger partial charge in [0.1, 0.15) is 0 Å². The number of nitrogens with zero attached hydrogens (tertiary/aromatic N) is 1. The number of carbonyl (C=O) groups is 1. The van der Waals surface area contributed by atoms with Gasteiger partial charge in [-0.05, 0) is 30.5 Å². The lowest BCUT2D eigenvalue weighted by Gasteiger charge is -2.09. The first kappa shape index (κ1) is 14.5. The van der Waals surface area contributed by atoms with E-state index in [4.69, 9.17) is 11.6 Å². The number of nitrogens with one attached hydrogen (secondary N) is 2. The lowest BCUT2D eigenvalue weighted by atomic mass is 10.2. The lowest BCUT2D eigenvalue weighted by molar-refractivity contribution is -0.119. The van der Waals surface area contributed by atoms with E-state index >= 15 is 0 Å². The molecule has 98 valence electrons. The number of hydrogen-bond donors (Lipinski definition) is 2. The average molecular weight is 268 g/mol. The van der Waals surface area contributed by atoms with Crippen LogP contribution in [0.3, 0.4) is 0 Å². The van der Waals surface area contributed by atoms with Crippen LogP contribution >= 0.6 is 11.6 Å². The zero-order valence-corrected chi connectivity index (χ0v) is 11.6. The Morgan fingerprint density at radius 2 is 2.22 bits per heavy atom. The van der Waals surface area contributed by atoms with E-state index in [1.807, 2.05) is 39.0 Å². The molecule has 0 aliphatic carbocycles. The maximum Gasteiger partial charge on any atom is 0.259 e. The Labute approximate surface area is 112 Å². The molecule has 0 unspecified atom stereocenters. The Kier molecular flexibility index (Phi) is 5.65. The minimum absolute atomic E-state index is 0.163. The molecule has 0 radical (unpaired) electrons. The highest BCUT2D eigenvalue weighted by Gasteiger charge is 2.04. The molecule has 1 aromatic carbocycles. The molecule has 0 bridgehead atoms. The summed E-state index contributed by atoms with van der Waals surface area (Å²) in [5, 5.41) is 7.53. The van der Waals surface area contributed by atoms with Gasteiger partial charge in [0.25, 0.3) is 5.91 Å². The first-order valence-corrected chi connectivity index (χ1v) is 6.19. The predicted molar refractivity (Wildman–Crippen MR) is 76.2 cm³/mol. The number of hydrazone groups is 1. The van der Waals surface area contributed by atoms with Gasteiger partial charge in [-0.1, -0.05) is 31.5 Å². The summed E-state index contributed by atoms with van der Waals surface area (Å²) in [6.45, 7) is 6.04. The second-order valence-corrected chi connectivity index (χ2v) is 4.73. The van der Waals surface area contributed by atoms with E-state index in [9.17, 15) is 4.79 Å². The molecule has 4 nitrogen and oxygen atoms in total. The molecule has 0 atom stereocenters. The quantitative estimate of drug-likeness (QED) is 0.637. The van der Waals surface area contributed by atoms with Gasteiger partial charge in [0.05, 0.1) is 6.54 Å². The fourth-order valence-electron chi connectivity index (χ4n) is 1.27. The van der Waals surface area contributed by atoms with Gasteiger partial charge in [0.2, 0.25) is 0 Å². The van der Waals surface area contributed by atoms with E-state index in [0.29, 0.717) is 10.9 Å². The van der Waals surface area contributed by atoms with Crippen LogP contribution < -0.4 is 10.7 Å². The van der Waals surface area contributed by atoms with E-state index in [1.165, 1.54) is 0 Å². The van der Waals surface area contributed by atoms with Crippen LogP contribution in [0.4, 0.5) is 5.69 Å². The summed E-state index contributed by atoms with van der Waals surface area (Å²) in [5.74, 6) is 0.125. The zero-order chi connectivity index (χ0) is 13.5. The van der Waals surface area contributed by atoms with Crippen LogP contribution in [-0.2, 0) is 4.79 Å². The van der Waals surface area contributed by atoms with Crippen LogP contribution in [0.2, 0.25) is 5.02 Å². The van der Waals surface area contributed by atoms with Crippen molar-refractivity contribution >= 4 is 29.4 Å². The minimum Gasteiger partial charge on any atom is -0.376 e. The van der Waals surface area contributed by atoms with Gasteiger partial charge in [-0.15, -0.1) is 0 Å². The second kappa shape index (κ2) is 7.01. The first-order chi connectivity index (χ1) is 8.50. The van der Waals surface area contributed by atoms with Crippen molar-refractivity contribution in [3.8, 4) is 0 Å².